The van der Waals surface area contributed by atoms with Crippen LogP contribution in [0.15, 0.2) is 46.4 Å². The summed E-state index contributed by atoms with van der Waals surface area (Å²) in [7, 11) is 1.91. The topological polar surface area (TPSA) is 72.3 Å². The molecular weight excluding hydrogens is 304 g/mol. The van der Waals surface area contributed by atoms with E-state index in [1.807, 2.05) is 44.4 Å². The first-order valence-corrected chi connectivity index (χ1v) is 7.81. The molecule has 4 rings (SSSR count). The molecule has 0 N–H and O–H groups in total. The van der Waals surface area contributed by atoms with Crippen molar-refractivity contribution in [3.8, 4) is 0 Å². The number of hydrogen-bond donors (Lipinski definition) is 0. The molecule has 0 amide bonds. The van der Waals surface area contributed by atoms with Crippen LogP contribution in [0.1, 0.15) is 35.1 Å². The zero-order chi connectivity index (χ0) is 16.7. The average Bonchev–Trinajstić information content (AvgIpc) is 3.26. The Hall–Kier alpha value is -2.96. The van der Waals surface area contributed by atoms with Gasteiger partial charge in [0.25, 0.3) is 0 Å². The fraction of sp³-hybridized carbons (Fsp3) is 0.294. The summed E-state index contributed by atoms with van der Waals surface area (Å²) in [4.78, 5) is 8.71. The van der Waals surface area contributed by atoms with Gasteiger partial charge < -0.3 is 4.42 Å². The van der Waals surface area contributed by atoms with Crippen LogP contribution in [0.3, 0.4) is 0 Å². The molecule has 0 bridgehead atoms. The first-order valence-electron chi connectivity index (χ1n) is 7.81. The summed E-state index contributed by atoms with van der Waals surface area (Å²) in [5.41, 5.74) is 3.10. The van der Waals surface area contributed by atoms with Gasteiger partial charge in [0.1, 0.15) is 11.5 Å². The van der Waals surface area contributed by atoms with E-state index in [1.165, 1.54) is 0 Å². The van der Waals surface area contributed by atoms with Crippen LogP contribution < -0.4 is 5.01 Å². The van der Waals surface area contributed by atoms with Gasteiger partial charge >= 0.3 is 0 Å². The molecule has 7 nitrogen and oxygen atoms in total. The smallest absolute Gasteiger partial charge is 0.246 e. The molecule has 3 aromatic heterocycles. The summed E-state index contributed by atoms with van der Waals surface area (Å²) in [6.07, 6.45) is 8.08. The SMILES string of the molecule is Cc1cc(C2=NN(c3ncccn3)[C@@H](c3cnn(C)c3)C2)c(C)o1. The van der Waals surface area contributed by atoms with Crippen molar-refractivity contribution in [1.29, 1.82) is 0 Å². The molecule has 1 aliphatic heterocycles. The Balaban J connectivity index is 1.77. The van der Waals surface area contributed by atoms with Crippen LogP contribution in [0.4, 0.5) is 5.95 Å². The lowest BCUT2D eigenvalue weighted by molar-refractivity contribution is 0.504. The molecule has 0 unspecified atom stereocenters. The van der Waals surface area contributed by atoms with Crippen molar-refractivity contribution in [1.82, 2.24) is 19.7 Å². The minimum Gasteiger partial charge on any atom is -0.466 e. The quantitative estimate of drug-likeness (QED) is 0.741. The lowest BCUT2D eigenvalue weighted by Gasteiger charge is -2.19. The van der Waals surface area contributed by atoms with Gasteiger partial charge in [-0.15, -0.1) is 0 Å². The Bertz CT molecular complexity index is 895. The molecular formula is C17H18N6O. The van der Waals surface area contributed by atoms with Crippen LogP contribution in [-0.2, 0) is 7.05 Å². The van der Waals surface area contributed by atoms with Gasteiger partial charge in [0.15, 0.2) is 0 Å². The molecule has 24 heavy (non-hydrogen) atoms. The van der Waals surface area contributed by atoms with Crippen molar-refractivity contribution in [2.24, 2.45) is 12.1 Å². The van der Waals surface area contributed by atoms with Gasteiger partial charge in [-0.2, -0.15) is 10.2 Å². The highest BCUT2D eigenvalue weighted by atomic mass is 16.3. The third kappa shape index (κ3) is 2.47. The lowest BCUT2D eigenvalue weighted by Crippen LogP contribution is -2.20. The van der Waals surface area contributed by atoms with Crippen LogP contribution in [-0.4, -0.2) is 25.5 Å². The van der Waals surface area contributed by atoms with E-state index in [4.69, 9.17) is 9.52 Å². The molecule has 0 fully saturated rings. The van der Waals surface area contributed by atoms with Crippen molar-refractivity contribution in [2.75, 3.05) is 5.01 Å². The molecule has 0 aromatic carbocycles. The Kier molecular flexibility index (Phi) is 3.41. The van der Waals surface area contributed by atoms with Crippen molar-refractivity contribution in [3.05, 3.63) is 59.6 Å². The molecule has 0 aliphatic carbocycles. The number of hydrogen-bond acceptors (Lipinski definition) is 6. The number of hydrazone groups is 1. The fourth-order valence-electron chi connectivity index (χ4n) is 3.06. The van der Waals surface area contributed by atoms with Crippen molar-refractivity contribution in [2.45, 2.75) is 26.3 Å². The molecule has 0 saturated carbocycles. The van der Waals surface area contributed by atoms with Gasteiger partial charge in [-0.1, -0.05) is 0 Å². The first-order chi connectivity index (χ1) is 11.6. The molecule has 3 aromatic rings. The second kappa shape index (κ2) is 5.59. The van der Waals surface area contributed by atoms with E-state index < -0.39 is 0 Å². The summed E-state index contributed by atoms with van der Waals surface area (Å²) >= 11 is 0. The normalized spacial score (nSPS) is 17.4. The van der Waals surface area contributed by atoms with Crippen LogP contribution in [0, 0.1) is 13.8 Å². The molecule has 122 valence electrons. The molecule has 1 aliphatic rings. The maximum absolute atomic E-state index is 5.67. The Morgan fingerprint density at radius 1 is 1.21 bits per heavy atom. The predicted octanol–water partition coefficient (Wildman–Crippen LogP) is 2.78. The highest BCUT2D eigenvalue weighted by Gasteiger charge is 2.33. The highest BCUT2D eigenvalue weighted by molar-refractivity contribution is 6.04. The maximum Gasteiger partial charge on any atom is 0.246 e. The largest absolute Gasteiger partial charge is 0.466 e. The Morgan fingerprint density at radius 2 is 2.00 bits per heavy atom. The highest BCUT2D eigenvalue weighted by Crippen LogP contribution is 2.35. The van der Waals surface area contributed by atoms with Gasteiger partial charge in [0.2, 0.25) is 5.95 Å². The minimum absolute atomic E-state index is 0.0192. The third-order valence-corrected chi connectivity index (χ3v) is 4.13. The van der Waals surface area contributed by atoms with E-state index >= 15 is 0 Å². The van der Waals surface area contributed by atoms with E-state index in [-0.39, 0.29) is 6.04 Å². The minimum atomic E-state index is 0.0192. The monoisotopic (exact) mass is 322 g/mol. The van der Waals surface area contributed by atoms with Gasteiger partial charge in [-0.05, 0) is 26.0 Å². The third-order valence-electron chi connectivity index (χ3n) is 4.13. The zero-order valence-corrected chi connectivity index (χ0v) is 13.8. The van der Waals surface area contributed by atoms with Crippen LogP contribution in [0.2, 0.25) is 0 Å². The fourth-order valence-corrected chi connectivity index (χ4v) is 3.06. The van der Waals surface area contributed by atoms with Gasteiger partial charge in [0, 0.05) is 43.2 Å². The van der Waals surface area contributed by atoms with E-state index in [1.54, 1.807) is 23.1 Å². The van der Waals surface area contributed by atoms with Crippen LogP contribution in [0.5, 0.6) is 0 Å². The van der Waals surface area contributed by atoms with E-state index in [9.17, 15) is 0 Å². The molecule has 7 heteroatoms. The number of aryl methyl sites for hydroxylation is 3. The van der Waals surface area contributed by atoms with Crippen LogP contribution >= 0.6 is 0 Å². The molecule has 1 atom stereocenters. The second-order valence-corrected chi connectivity index (χ2v) is 5.93. The predicted molar refractivity (Wildman–Crippen MR) is 89.8 cm³/mol. The Morgan fingerprint density at radius 3 is 2.62 bits per heavy atom. The van der Waals surface area contributed by atoms with Crippen LogP contribution in [0.25, 0.3) is 0 Å². The number of aromatic nitrogens is 4. The summed E-state index contributed by atoms with van der Waals surface area (Å²) in [5, 5.41) is 11.0. The number of furan rings is 1. The average molecular weight is 322 g/mol. The number of anilines is 1. The van der Waals surface area contributed by atoms with E-state index in [0.717, 1.165) is 34.8 Å². The van der Waals surface area contributed by atoms with Gasteiger partial charge in [0.05, 0.1) is 18.0 Å². The lowest BCUT2D eigenvalue weighted by atomic mass is 10.0. The van der Waals surface area contributed by atoms with Crippen molar-refractivity contribution >= 4 is 11.7 Å². The number of rotatable bonds is 3. The van der Waals surface area contributed by atoms with Crippen molar-refractivity contribution < 1.29 is 4.42 Å². The Labute approximate surface area is 139 Å². The molecule has 0 spiro atoms. The standard InChI is InChI=1S/C17H18N6O/c1-11-7-14(12(2)24-11)15-8-16(13-9-20-22(3)10-13)23(21-15)17-18-5-4-6-19-17/h4-7,9-10,16H,8H2,1-3H3/t16-/m1/s1. The summed E-state index contributed by atoms with van der Waals surface area (Å²) in [5.74, 6) is 2.35. The second-order valence-electron chi connectivity index (χ2n) is 5.93. The summed E-state index contributed by atoms with van der Waals surface area (Å²) < 4.78 is 7.46. The van der Waals surface area contributed by atoms with Crippen molar-refractivity contribution in [3.63, 3.8) is 0 Å². The van der Waals surface area contributed by atoms with Gasteiger partial charge in [-0.25, -0.2) is 15.0 Å². The summed E-state index contributed by atoms with van der Waals surface area (Å²) in [6.45, 7) is 3.91. The molecule has 0 saturated heterocycles. The van der Waals surface area contributed by atoms with Gasteiger partial charge in [-0.3, -0.25) is 4.68 Å². The maximum atomic E-state index is 5.67. The summed E-state index contributed by atoms with van der Waals surface area (Å²) in [6, 6.07) is 3.85. The molecule has 4 heterocycles. The molecule has 0 radical (unpaired) electrons. The van der Waals surface area contributed by atoms with E-state index in [0.29, 0.717) is 5.95 Å². The zero-order valence-electron chi connectivity index (χ0n) is 13.8. The van der Waals surface area contributed by atoms with E-state index in [2.05, 4.69) is 15.1 Å². The first kappa shape index (κ1) is 14.6. The number of nitrogens with zero attached hydrogens (tertiary/aromatic N) is 6.